The van der Waals surface area contributed by atoms with Crippen LogP contribution in [0, 0.1) is 0 Å². The molecule has 1 rings (SSSR count). The van der Waals surface area contributed by atoms with Crippen molar-refractivity contribution in [3.05, 3.63) is 34.9 Å². The first-order valence-electron chi connectivity index (χ1n) is 4.26. The van der Waals surface area contributed by atoms with Gasteiger partial charge in [-0.05, 0) is 24.6 Å². The molecule has 0 aliphatic heterocycles. The van der Waals surface area contributed by atoms with E-state index in [1.165, 1.54) is 0 Å². The zero-order chi connectivity index (χ0) is 9.68. The van der Waals surface area contributed by atoms with Gasteiger partial charge in [-0.3, -0.25) is 0 Å². The standard InChI is InChI=1S/C10H14ClNO.ClH/c1-8(12)6-13-7-9-2-4-10(11)5-3-9;/h2-5,8H,6-7,12H2,1H3;1H. The Labute approximate surface area is 95.8 Å². The van der Waals surface area contributed by atoms with Crippen LogP contribution >= 0.6 is 24.0 Å². The van der Waals surface area contributed by atoms with Gasteiger partial charge in [0, 0.05) is 11.1 Å². The Morgan fingerprint density at radius 1 is 1.36 bits per heavy atom. The molecule has 1 aromatic carbocycles. The number of halogens is 2. The van der Waals surface area contributed by atoms with Crippen LogP contribution in [0.3, 0.4) is 0 Å². The van der Waals surface area contributed by atoms with Crippen LogP contribution in [0.15, 0.2) is 24.3 Å². The van der Waals surface area contributed by atoms with E-state index < -0.39 is 0 Å². The van der Waals surface area contributed by atoms with Crippen molar-refractivity contribution in [2.45, 2.75) is 19.6 Å². The minimum atomic E-state index is 0. The predicted octanol–water partition coefficient (Wildman–Crippen LogP) is 2.63. The van der Waals surface area contributed by atoms with Gasteiger partial charge in [0.05, 0.1) is 13.2 Å². The Bertz CT molecular complexity index is 249. The molecule has 0 fully saturated rings. The van der Waals surface area contributed by atoms with Crippen LogP contribution in [0.1, 0.15) is 12.5 Å². The summed E-state index contributed by atoms with van der Waals surface area (Å²) in [5, 5.41) is 0.746. The van der Waals surface area contributed by atoms with Gasteiger partial charge in [0.25, 0.3) is 0 Å². The fourth-order valence-electron chi connectivity index (χ4n) is 0.943. The molecule has 1 aromatic rings. The van der Waals surface area contributed by atoms with Crippen molar-refractivity contribution in [1.29, 1.82) is 0 Å². The third-order valence-electron chi connectivity index (χ3n) is 1.56. The van der Waals surface area contributed by atoms with Crippen molar-refractivity contribution >= 4 is 24.0 Å². The normalized spacial score (nSPS) is 11.9. The molecule has 4 heteroatoms. The zero-order valence-corrected chi connectivity index (χ0v) is 9.65. The van der Waals surface area contributed by atoms with Gasteiger partial charge in [0.2, 0.25) is 0 Å². The van der Waals surface area contributed by atoms with Gasteiger partial charge in [0.15, 0.2) is 0 Å². The first kappa shape index (κ1) is 13.7. The molecule has 0 amide bonds. The predicted molar refractivity (Wildman–Crippen MR) is 62.0 cm³/mol. The highest BCUT2D eigenvalue weighted by Gasteiger charge is 1.95. The molecular weight excluding hydrogens is 221 g/mol. The summed E-state index contributed by atoms with van der Waals surface area (Å²) in [4.78, 5) is 0. The molecule has 0 radical (unpaired) electrons. The molecule has 0 aromatic heterocycles. The average molecular weight is 236 g/mol. The molecular formula is C10H15Cl2NO. The van der Waals surface area contributed by atoms with E-state index in [0.717, 1.165) is 10.6 Å². The minimum Gasteiger partial charge on any atom is -0.375 e. The fraction of sp³-hybridized carbons (Fsp3) is 0.400. The zero-order valence-electron chi connectivity index (χ0n) is 8.07. The third kappa shape index (κ3) is 5.45. The molecule has 0 spiro atoms. The number of nitrogens with two attached hydrogens (primary N) is 1. The largest absolute Gasteiger partial charge is 0.375 e. The molecule has 0 saturated heterocycles. The Morgan fingerprint density at radius 3 is 2.43 bits per heavy atom. The van der Waals surface area contributed by atoms with E-state index in [2.05, 4.69) is 0 Å². The van der Waals surface area contributed by atoms with E-state index in [0.29, 0.717) is 13.2 Å². The van der Waals surface area contributed by atoms with Gasteiger partial charge in [-0.1, -0.05) is 23.7 Å². The molecule has 14 heavy (non-hydrogen) atoms. The van der Waals surface area contributed by atoms with Crippen LogP contribution in [-0.4, -0.2) is 12.6 Å². The quantitative estimate of drug-likeness (QED) is 0.872. The van der Waals surface area contributed by atoms with E-state index in [4.69, 9.17) is 22.1 Å². The first-order chi connectivity index (χ1) is 6.18. The molecule has 0 bridgehead atoms. The Kier molecular flexibility index (Phi) is 6.93. The fourth-order valence-corrected chi connectivity index (χ4v) is 1.07. The van der Waals surface area contributed by atoms with Crippen molar-refractivity contribution in [3.63, 3.8) is 0 Å². The van der Waals surface area contributed by atoms with Crippen LogP contribution in [0.2, 0.25) is 5.02 Å². The van der Waals surface area contributed by atoms with E-state index >= 15 is 0 Å². The summed E-state index contributed by atoms with van der Waals surface area (Å²) in [6.45, 7) is 3.10. The molecule has 1 unspecified atom stereocenters. The van der Waals surface area contributed by atoms with Gasteiger partial charge in [-0.2, -0.15) is 0 Å². The summed E-state index contributed by atoms with van der Waals surface area (Å²) in [5.74, 6) is 0. The SMILES string of the molecule is CC(N)COCc1ccc(Cl)cc1.Cl. The maximum Gasteiger partial charge on any atom is 0.0717 e. The van der Waals surface area contributed by atoms with Crippen LogP contribution in [0.4, 0.5) is 0 Å². The van der Waals surface area contributed by atoms with E-state index in [1.807, 2.05) is 31.2 Å². The maximum absolute atomic E-state index is 5.74. The molecule has 1 atom stereocenters. The Balaban J connectivity index is 0.00000169. The van der Waals surface area contributed by atoms with Crippen molar-refractivity contribution < 1.29 is 4.74 Å². The van der Waals surface area contributed by atoms with Crippen molar-refractivity contribution in [2.24, 2.45) is 5.73 Å². The number of benzene rings is 1. The van der Waals surface area contributed by atoms with Gasteiger partial charge < -0.3 is 10.5 Å². The molecule has 0 saturated carbocycles. The second kappa shape index (κ2) is 7.07. The third-order valence-corrected chi connectivity index (χ3v) is 1.81. The van der Waals surface area contributed by atoms with Crippen LogP contribution < -0.4 is 5.73 Å². The second-order valence-electron chi connectivity index (χ2n) is 3.12. The summed E-state index contributed by atoms with van der Waals surface area (Å²) in [6.07, 6.45) is 0. The highest BCUT2D eigenvalue weighted by Crippen LogP contribution is 2.10. The van der Waals surface area contributed by atoms with Crippen LogP contribution in [-0.2, 0) is 11.3 Å². The molecule has 80 valence electrons. The smallest absolute Gasteiger partial charge is 0.0717 e. The lowest BCUT2D eigenvalue weighted by molar-refractivity contribution is 0.111. The number of rotatable bonds is 4. The highest BCUT2D eigenvalue weighted by molar-refractivity contribution is 6.30. The topological polar surface area (TPSA) is 35.2 Å². The Morgan fingerprint density at radius 2 is 1.93 bits per heavy atom. The summed E-state index contributed by atoms with van der Waals surface area (Å²) >= 11 is 5.74. The minimum absolute atomic E-state index is 0. The first-order valence-corrected chi connectivity index (χ1v) is 4.64. The lowest BCUT2D eigenvalue weighted by Crippen LogP contribution is -2.21. The maximum atomic E-state index is 5.74. The van der Waals surface area contributed by atoms with E-state index in [9.17, 15) is 0 Å². The molecule has 0 heterocycles. The van der Waals surface area contributed by atoms with Gasteiger partial charge >= 0.3 is 0 Å². The summed E-state index contributed by atoms with van der Waals surface area (Å²) in [6, 6.07) is 7.69. The van der Waals surface area contributed by atoms with E-state index in [-0.39, 0.29) is 18.4 Å². The number of hydrogen-bond acceptors (Lipinski definition) is 2. The van der Waals surface area contributed by atoms with Crippen LogP contribution in [0.5, 0.6) is 0 Å². The molecule has 2 nitrogen and oxygen atoms in total. The molecule has 2 N–H and O–H groups in total. The van der Waals surface area contributed by atoms with Gasteiger partial charge in [-0.15, -0.1) is 12.4 Å². The van der Waals surface area contributed by atoms with Gasteiger partial charge in [-0.25, -0.2) is 0 Å². The lowest BCUT2D eigenvalue weighted by Gasteiger charge is -2.06. The Hall–Kier alpha value is -0.280. The summed E-state index contributed by atoms with van der Waals surface area (Å²) in [5.41, 5.74) is 6.65. The highest BCUT2D eigenvalue weighted by atomic mass is 35.5. The number of hydrogen-bond donors (Lipinski definition) is 1. The van der Waals surface area contributed by atoms with Crippen molar-refractivity contribution in [1.82, 2.24) is 0 Å². The summed E-state index contributed by atoms with van der Waals surface area (Å²) in [7, 11) is 0. The number of ether oxygens (including phenoxy) is 1. The average Bonchev–Trinajstić information content (AvgIpc) is 2.08. The monoisotopic (exact) mass is 235 g/mol. The van der Waals surface area contributed by atoms with Gasteiger partial charge in [0.1, 0.15) is 0 Å². The second-order valence-corrected chi connectivity index (χ2v) is 3.56. The van der Waals surface area contributed by atoms with Crippen molar-refractivity contribution in [3.8, 4) is 0 Å². The lowest BCUT2D eigenvalue weighted by atomic mass is 10.2. The van der Waals surface area contributed by atoms with Crippen molar-refractivity contribution in [2.75, 3.05) is 6.61 Å². The summed E-state index contributed by atoms with van der Waals surface area (Å²) < 4.78 is 5.35. The van der Waals surface area contributed by atoms with E-state index in [1.54, 1.807) is 0 Å². The molecule has 0 aliphatic carbocycles. The van der Waals surface area contributed by atoms with Crippen LogP contribution in [0.25, 0.3) is 0 Å². The molecule has 0 aliphatic rings.